The van der Waals surface area contributed by atoms with E-state index in [0.29, 0.717) is 42.4 Å². The Bertz CT molecular complexity index is 811. The number of aliphatic hydroxyl groups is 1. The van der Waals surface area contributed by atoms with Gasteiger partial charge in [0, 0.05) is 18.5 Å². The minimum Gasteiger partial charge on any atom is -0.493 e. The lowest BCUT2D eigenvalue weighted by atomic mass is 9.88. The lowest BCUT2D eigenvalue weighted by Crippen LogP contribution is -2.46. The molecular formula is C20H24N2O5. The molecule has 1 atom stereocenters. The summed E-state index contributed by atoms with van der Waals surface area (Å²) in [6, 6.07) is 12.4. The topological polar surface area (TPSA) is 89.1 Å². The van der Waals surface area contributed by atoms with Crippen molar-refractivity contribution in [3.8, 4) is 17.2 Å². The Hall–Kier alpha value is -2.93. The van der Waals surface area contributed by atoms with Crippen LogP contribution in [0.1, 0.15) is 17.5 Å². The van der Waals surface area contributed by atoms with Crippen molar-refractivity contribution in [2.45, 2.75) is 18.6 Å². The Kier molecular flexibility index (Phi) is 5.71. The van der Waals surface area contributed by atoms with Gasteiger partial charge in [-0.3, -0.25) is 0 Å². The molecule has 0 aromatic heterocycles. The van der Waals surface area contributed by atoms with E-state index in [0.717, 1.165) is 5.56 Å². The van der Waals surface area contributed by atoms with Gasteiger partial charge in [0.2, 0.25) is 0 Å². The van der Waals surface area contributed by atoms with Gasteiger partial charge in [0.15, 0.2) is 11.5 Å². The van der Waals surface area contributed by atoms with Gasteiger partial charge in [-0.05, 0) is 23.8 Å². The van der Waals surface area contributed by atoms with Crippen LogP contribution in [-0.4, -0.2) is 38.5 Å². The molecule has 0 spiro atoms. The van der Waals surface area contributed by atoms with Gasteiger partial charge < -0.3 is 30.0 Å². The van der Waals surface area contributed by atoms with Crippen molar-refractivity contribution in [3.63, 3.8) is 0 Å². The van der Waals surface area contributed by atoms with Gasteiger partial charge in [-0.1, -0.05) is 24.3 Å². The fraction of sp³-hybridized carbons (Fsp3) is 0.350. The van der Waals surface area contributed by atoms with Crippen LogP contribution < -0.4 is 24.8 Å². The quantitative estimate of drug-likeness (QED) is 0.723. The van der Waals surface area contributed by atoms with E-state index in [9.17, 15) is 9.90 Å². The van der Waals surface area contributed by atoms with Crippen molar-refractivity contribution >= 4 is 6.03 Å². The molecule has 3 N–H and O–H groups in total. The minimum atomic E-state index is -1.14. The van der Waals surface area contributed by atoms with Crippen molar-refractivity contribution in [3.05, 3.63) is 53.6 Å². The first-order chi connectivity index (χ1) is 13.1. The number of amides is 2. The molecule has 0 aliphatic carbocycles. The lowest BCUT2D eigenvalue weighted by Gasteiger charge is -2.34. The van der Waals surface area contributed by atoms with Gasteiger partial charge in [0.05, 0.1) is 27.4 Å². The number of carbonyl (C=O) groups excluding carboxylic acids is 1. The average Bonchev–Trinajstić information content (AvgIpc) is 2.71. The summed E-state index contributed by atoms with van der Waals surface area (Å²) >= 11 is 0. The van der Waals surface area contributed by atoms with E-state index in [1.165, 1.54) is 0 Å². The van der Waals surface area contributed by atoms with E-state index in [1.807, 2.05) is 30.3 Å². The lowest BCUT2D eigenvalue weighted by molar-refractivity contribution is 0.0000628. The van der Waals surface area contributed by atoms with Crippen LogP contribution in [0.4, 0.5) is 4.79 Å². The first-order valence-corrected chi connectivity index (χ1v) is 8.73. The molecule has 27 heavy (non-hydrogen) atoms. The van der Waals surface area contributed by atoms with Crippen LogP contribution in [0.15, 0.2) is 42.5 Å². The summed E-state index contributed by atoms with van der Waals surface area (Å²) in [6.07, 6.45) is 0.417. The molecule has 0 saturated heterocycles. The van der Waals surface area contributed by atoms with E-state index in [4.69, 9.17) is 14.2 Å². The highest BCUT2D eigenvalue weighted by Crippen LogP contribution is 2.36. The summed E-state index contributed by atoms with van der Waals surface area (Å²) in [4.78, 5) is 12.2. The number of para-hydroxylation sites is 1. The van der Waals surface area contributed by atoms with E-state index in [2.05, 4.69) is 10.6 Å². The second-order valence-electron chi connectivity index (χ2n) is 6.35. The molecule has 1 aliphatic rings. The van der Waals surface area contributed by atoms with Crippen LogP contribution in [0.5, 0.6) is 17.2 Å². The number of methoxy groups -OCH3 is 2. The molecule has 0 unspecified atom stereocenters. The molecule has 2 aromatic rings. The highest BCUT2D eigenvalue weighted by molar-refractivity contribution is 5.74. The summed E-state index contributed by atoms with van der Waals surface area (Å²) in [7, 11) is 3.14. The zero-order valence-corrected chi connectivity index (χ0v) is 15.5. The average molecular weight is 372 g/mol. The van der Waals surface area contributed by atoms with E-state index < -0.39 is 5.60 Å². The van der Waals surface area contributed by atoms with Crippen molar-refractivity contribution in [2.24, 2.45) is 0 Å². The highest BCUT2D eigenvalue weighted by Gasteiger charge is 2.35. The van der Waals surface area contributed by atoms with Gasteiger partial charge in [-0.25, -0.2) is 4.79 Å². The highest BCUT2D eigenvalue weighted by atomic mass is 16.5. The van der Waals surface area contributed by atoms with Crippen LogP contribution >= 0.6 is 0 Å². The predicted octanol–water partition coefficient (Wildman–Crippen LogP) is 2.17. The van der Waals surface area contributed by atoms with Crippen LogP contribution in [0.2, 0.25) is 0 Å². The van der Waals surface area contributed by atoms with E-state index in [1.54, 1.807) is 26.4 Å². The minimum absolute atomic E-state index is 0.102. The Morgan fingerprint density at radius 2 is 1.93 bits per heavy atom. The van der Waals surface area contributed by atoms with Crippen molar-refractivity contribution in [1.82, 2.24) is 10.6 Å². The molecule has 1 aliphatic heterocycles. The first-order valence-electron chi connectivity index (χ1n) is 8.73. The van der Waals surface area contributed by atoms with Crippen molar-refractivity contribution < 1.29 is 24.1 Å². The Morgan fingerprint density at radius 3 is 2.70 bits per heavy atom. The summed E-state index contributed by atoms with van der Waals surface area (Å²) < 4.78 is 16.0. The Labute approximate surface area is 158 Å². The number of rotatable bonds is 6. The second kappa shape index (κ2) is 8.18. The molecule has 3 rings (SSSR count). The number of hydrogen-bond donors (Lipinski definition) is 3. The van der Waals surface area contributed by atoms with E-state index >= 15 is 0 Å². The smallest absolute Gasteiger partial charge is 0.315 e. The largest absolute Gasteiger partial charge is 0.493 e. The molecule has 0 bridgehead atoms. The zero-order chi connectivity index (χ0) is 19.3. The fourth-order valence-electron chi connectivity index (χ4n) is 3.09. The molecular weight excluding hydrogens is 348 g/mol. The van der Waals surface area contributed by atoms with Gasteiger partial charge in [0.1, 0.15) is 11.4 Å². The standard InChI is InChI=1S/C20H24N2O5/c1-25-17-8-7-14(11-18(17)26-2)12-21-19(23)22-13-20(24)9-10-27-16-6-4-3-5-15(16)20/h3-8,11,24H,9-10,12-13H2,1-2H3,(H2,21,22,23)/t20-/m0/s1. The Balaban J connectivity index is 1.56. The van der Waals surface area contributed by atoms with Gasteiger partial charge in [0.25, 0.3) is 0 Å². The maximum atomic E-state index is 12.2. The Morgan fingerprint density at radius 1 is 1.15 bits per heavy atom. The summed E-state index contributed by atoms with van der Waals surface area (Å²) in [6.45, 7) is 0.831. The van der Waals surface area contributed by atoms with Crippen LogP contribution in [-0.2, 0) is 12.1 Å². The normalized spacial score (nSPS) is 18.0. The number of nitrogens with one attached hydrogen (secondary N) is 2. The SMILES string of the molecule is COc1ccc(CNC(=O)NC[C@@]2(O)CCOc3ccccc32)cc1OC. The number of carbonyl (C=O) groups is 1. The van der Waals surface area contributed by atoms with Gasteiger partial charge in [-0.2, -0.15) is 0 Å². The summed E-state index contributed by atoms with van der Waals surface area (Å²) in [5.41, 5.74) is 0.421. The van der Waals surface area contributed by atoms with Gasteiger partial charge >= 0.3 is 6.03 Å². The molecule has 7 nitrogen and oxygen atoms in total. The first kappa shape index (κ1) is 18.8. The van der Waals surface area contributed by atoms with Crippen molar-refractivity contribution in [1.29, 1.82) is 0 Å². The molecule has 1 heterocycles. The maximum absolute atomic E-state index is 12.2. The number of fused-ring (bicyclic) bond motifs is 1. The fourth-order valence-corrected chi connectivity index (χ4v) is 3.09. The molecule has 0 saturated carbocycles. The van der Waals surface area contributed by atoms with Crippen LogP contribution in [0.25, 0.3) is 0 Å². The number of urea groups is 1. The number of ether oxygens (including phenoxy) is 3. The summed E-state index contributed by atoms with van der Waals surface area (Å²) in [5, 5.41) is 16.5. The molecule has 144 valence electrons. The third-order valence-electron chi connectivity index (χ3n) is 4.60. The third kappa shape index (κ3) is 4.25. The van der Waals surface area contributed by atoms with Crippen LogP contribution in [0, 0.1) is 0 Å². The molecule has 0 fully saturated rings. The van der Waals surface area contributed by atoms with E-state index in [-0.39, 0.29) is 12.6 Å². The van der Waals surface area contributed by atoms with Crippen molar-refractivity contribution in [2.75, 3.05) is 27.4 Å². The number of hydrogen-bond acceptors (Lipinski definition) is 5. The van der Waals surface area contributed by atoms with Gasteiger partial charge in [-0.15, -0.1) is 0 Å². The zero-order valence-electron chi connectivity index (χ0n) is 15.5. The maximum Gasteiger partial charge on any atom is 0.315 e. The number of benzene rings is 2. The monoisotopic (exact) mass is 372 g/mol. The molecule has 2 amide bonds. The predicted molar refractivity (Wildman–Crippen MR) is 100 cm³/mol. The molecule has 2 aromatic carbocycles. The molecule has 0 radical (unpaired) electrons. The second-order valence-corrected chi connectivity index (χ2v) is 6.35. The molecule has 7 heteroatoms. The summed E-state index contributed by atoms with van der Waals surface area (Å²) in [5.74, 6) is 1.88. The third-order valence-corrected chi connectivity index (χ3v) is 4.60. The van der Waals surface area contributed by atoms with Crippen LogP contribution in [0.3, 0.4) is 0 Å².